The predicted molar refractivity (Wildman–Crippen MR) is 93.6 cm³/mol. The van der Waals surface area contributed by atoms with Crippen molar-refractivity contribution in [3.05, 3.63) is 46.5 Å². The Bertz CT molecular complexity index is 911. The minimum absolute atomic E-state index is 0.0800. The number of carboxylic acid groups (broad SMARTS) is 1. The number of aryl methyl sites for hydroxylation is 1. The van der Waals surface area contributed by atoms with Crippen molar-refractivity contribution in [2.24, 2.45) is 0 Å². The molecule has 1 aliphatic heterocycles. The first-order valence-corrected chi connectivity index (χ1v) is 8.93. The van der Waals surface area contributed by atoms with Crippen molar-refractivity contribution in [3.8, 4) is 5.69 Å². The van der Waals surface area contributed by atoms with Gasteiger partial charge in [0, 0.05) is 24.3 Å². The molecular formula is C19H20FN3O4. The zero-order valence-electron chi connectivity index (χ0n) is 14.9. The van der Waals surface area contributed by atoms with E-state index in [-0.39, 0.29) is 25.3 Å². The number of benzene rings is 1. The number of hydrogen-bond acceptors (Lipinski definition) is 4. The van der Waals surface area contributed by atoms with Crippen LogP contribution < -0.4 is 5.32 Å². The lowest BCUT2D eigenvalue weighted by Gasteiger charge is -2.23. The molecule has 0 radical (unpaired) electrons. The van der Waals surface area contributed by atoms with E-state index < -0.39 is 23.2 Å². The van der Waals surface area contributed by atoms with Gasteiger partial charge in [0.2, 0.25) is 0 Å². The van der Waals surface area contributed by atoms with Crippen LogP contribution in [0.1, 0.15) is 40.2 Å². The molecule has 27 heavy (non-hydrogen) atoms. The van der Waals surface area contributed by atoms with Gasteiger partial charge in [0.05, 0.1) is 6.61 Å². The molecule has 1 aromatic carbocycles. The maximum absolute atomic E-state index is 14.5. The Labute approximate surface area is 155 Å². The number of aliphatic carboxylic acids is 1. The van der Waals surface area contributed by atoms with Gasteiger partial charge in [0.25, 0.3) is 5.91 Å². The zero-order valence-corrected chi connectivity index (χ0v) is 14.9. The van der Waals surface area contributed by atoms with E-state index in [0.717, 1.165) is 17.7 Å². The molecule has 1 amide bonds. The highest BCUT2D eigenvalue weighted by atomic mass is 19.1. The number of aromatic nitrogens is 2. The van der Waals surface area contributed by atoms with Crippen molar-refractivity contribution in [1.82, 2.24) is 15.1 Å². The Morgan fingerprint density at radius 2 is 2.19 bits per heavy atom. The van der Waals surface area contributed by atoms with Crippen LogP contribution in [-0.2, 0) is 22.4 Å². The van der Waals surface area contributed by atoms with Gasteiger partial charge in [0.1, 0.15) is 11.5 Å². The van der Waals surface area contributed by atoms with Crippen LogP contribution in [-0.4, -0.2) is 45.5 Å². The van der Waals surface area contributed by atoms with Crippen LogP contribution in [0.3, 0.4) is 0 Å². The lowest BCUT2D eigenvalue weighted by atomic mass is 9.98. The van der Waals surface area contributed by atoms with E-state index in [1.807, 2.05) is 0 Å². The Balaban J connectivity index is 1.75. The number of carbonyl (C=O) groups is 2. The average molecular weight is 373 g/mol. The van der Waals surface area contributed by atoms with Crippen molar-refractivity contribution in [2.75, 3.05) is 13.2 Å². The second-order valence-corrected chi connectivity index (χ2v) is 7.09. The van der Waals surface area contributed by atoms with E-state index in [0.29, 0.717) is 24.1 Å². The van der Waals surface area contributed by atoms with Crippen LogP contribution in [0.5, 0.6) is 0 Å². The van der Waals surface area contributed by atoms with Gasteiger partial charge in [-0.3, -0.25) is 4.79 Å². The zero-order chi connectivity index (χ0) is 19.2. The second kappa shape index (κ2) is 6.45. The van der Waals surface area contributed by atoms with Crippen LogP contribution >= 0.6 is 0 Å². The lowest BCUT2D eigenvalue weighted by Crippen LogP contribution is -2.55. The number of ether oxygens (including phenoxy) is 1. The van der Waals surface area contributed by atoms with Crippen molar-refractivity contribution in [1.29, 1.82) is 0 Å². The number of fused-ring (bicyclic) bond motifs is 1. The summed E-state index contributed by atoms with van der Waals surface area (Å²) in [7, 11) is 0. The number of para-hydroxylation sites is 1. The predicted octanol–water partition coefficient (Wildman–Crippen LogP) is 1.78. The smallest absolute Gasteiger partial charge is 0.331 e. The van der Waals surface area contributed by atoms with E-state index in [9.17, 15) is 19.1 Å². The molecule has 1 unspecified atom stereocenters. The van der Waals surface area contributed by atoms with E-state index in [4.69, 9.17) is 4.74 Å². The summed E-state index contributed by atoms with van der Waals surface area (Å²) < 4.78 is 21.1. The van der Waals surface area contributed by atoms with E-state index in [1.54, 1.807) is 19.1 Å². The number of hydrogen-bond donors (Lipinski definition) is 2. The van der Waals surface area contributed by atoms with Crippen LogP contribution in [0.4, 0.5) is 4.39 Å². The molecular weight excluding hydrogens is 353 g/mol. The summed E-state index contributed by atoms with van der Waals surface area (Å²) in [6.45, 7) is 1.98. The van der Waals surface area contributed by atoms with Crippen molar-refractivity contribution < 1.29 is 23.8 Å². The van der Waals surface area contributed by atoms with Gasteiger partial charge in [-0.15, -0.1) is 0 Å². The summed E-state index contributed by atoms with van der Waals surface area (Å²) in [5, 5.41) is 16.5. The van der Waals surface area contributed by atoms with Crippen molar-refractivity contribution in [2.45, 2.75) is 38.1 Å². The summed E-state index contributed by atoms with van der Waals surface area (Å²) in [5.41, 5.74) is 1.32. The number of carbonyl (C=O) groups excluding carboxylic acids is 1. The Kier molecular flexibility index (Phi) is 4.22. The molecule has 1 aromatic heterocycles. The summed E-state index contributed by atoms with van der Waals surface area (Å²) in [6, 6.07) is 4.78. The quantitative estimate of drug-likeness (QED) is 0.852. The second-order valence-electron chi connectivity index (χ2n) is 7.09. The van der Waals surface area contributed by atoms with Gasteiger partial charge in [-0.05, 0) is 37.8 Å². The highest BCUT2D eigenvalue weighted by Crippen LogP contribution is 2.30. The lowest BCUT2D eigenvalue weighted by molar-refractivity contribution is -0.144. The molecule has 2 N–H and O–H groups in total. The molecule has 8 heteroatoms. The summed E-state index contributed by atoms with van der Waals surface area (Å²) in [6.07, 6.45) is 2.39. The summed E-state index contributed by atoms with van der Waals surface area (Å²) in [4.78, 5) is 24.6. The molecule has 1 fully saturated rings. The fourth-order valence-electron chi connectivity index (χ4n) is 3.86. The fraction of sp³-hybridized carbons (Fsp3) is 0.421. The molecule has 0 saturated carbocycles. The molecule has 0 spiro atoms. The van der Waals surface area contributed by atoms with Gasteiger partial charge >= 0.3 is 5.97 Å². The van der Waals surface area contributed by atoms with Gasteiger partial charge in [-0.25, -0.2) is 13.9 Å². The number of rotatable bonds is 4. The number of halogens is 1. The summed E-state index contributed by atoms with van der Waals surface area (Å²) >= 11 is 0. The van der Waals surface area contributed by atoms with Crippen LogP contribution in [0, 0.1) is 12.7 Å². The van der Waals surface area contributed by atoms with E-state index in [1.165, 1.54) is 10.7 Å². The fourth-order valence-corrected chi connectivity index (χ4v) is 3.86. The molecule has 1 atom stereocenters. The SMILES string of the molecule is Cc1cccc(F)c1-n1nc(C(=O)NC2(C(=O)O)CCOC2)c2c1CCC2. The first kappa shape index (κ1) is 17.7. The monoisotopic (exact) mass is 373 g/mol. The topological polar surface area (TPSA) is 93.5 Å². The number of carboxylic acids is 1. The standard InChI is InChI=1S/C19H20FN3O4/c1-11-4-2-6-13(20)16(11)23-14-7-3-5-12(14)15(22-23)17(24)21-19(18(25)26)8-9-27-10-19/h2,4,6H,3,5,7-10H2,1H3,(H,21,24)(H,25,26). The minimum Gasteiger partial charge on any atom is -0.479 e. The molecule has 0 bridgehead atoms. The molecule has 4 rings (SSSR count). The molecule has 142 valence electrons. The van der Waals surface area contributed by atoms with E-state index >= 15 is 0 Å². The van der Waals surface area contributed by atoms with Crippen LogP contribution in [0.25, 0.3) is 5.69 Å². The maximum Gasteiger partial charge on any atom is 0.331 e. The number of nitrogens with one attached hydrogen (secondary N) is 1. The first-order valence-electron chi connectivity index (χ1n) is 8.93. The van der Waals surface area contributed by atoms with Gasteiger partial charge < -0.3 is 15.2 Å². The highest BCUT2D eigenvalue weighted by Gasteiger charge is 2.45. The number of nitrogens with zero attached hydrogens (tertiary/aromatic N) is 2. The maximum atomic E-state index is 14.5. The summed E-state index contributed by atoms with van der Waals surface area (Å²) in [5.74, 6) is -2.10. The molecule has 1 saturated heterocycles. The molecule has 2 aliphatic rings. The largest absolute Gasteiger partial charge is 0.479 e. The molecule has 2 heterocycles. The van der Waals surface area contributed by atoms with Gasteiger partial charge in [0.15, 0.2) is 11.2 Å². The highest BCUT2D eigenvalue weighted by molar-refractivity contribution is 5.98. The minimum atomic E-state index is -1.44. The third-order valence-electron chi connectivity index (χ3n) is 5.33. The molecule has 1 aliphatic carbocycles. The normalized spacial score (nSPS) is 21.3. The third kappa shape index (κ3) is 2.80. The Morgan fingerprint density at radius 3 is 2.85 bits per heavy atom. The average Bonchev–Trinajstić information content (AvgIpc) is 3.32. The van der Waals surface area contributed by atoms with Crippen molar-refractivity contribution in [3.63, 3.8) is 0 Å². The number of amides is 1. The molecule has 7 nitrogen and oxygen atoms in total. The van der Waals surface area contributed by atoms with Crippen molar-refractivity contribution >= 4 is 11.9 Å². The van der Waals surface area contributed by atoms with Gasteiger partial charge in [-0.1, -0.05) is 12.1 Å². The third-order valence-corrected chi connectivity index (χ3v) is 5.33. The van der Waals surface area contributed by atoms with Gasteiger partial charge in [-0.2, -0.15) is 5.10 Å². The Hall–Kier alpha value is -2.74. The molecule has 2 aromatic rings. The first-order chi connectivity index (χ1) is 12.9. The van der Waals surface area contributed by atoms with E-state index in [2.05, 4.69) is 10.4 Å². The van der Waals surface area contributed by atoms with Crippen LogP contribution in [0.15, 0.2) is 18.2 Å². The Morgan fingerprint density at radius 1 is 1.37 bits per heavy atom. The van der Waals surface area contributed by atoms with Crippen LogP contribution in [0.2, 0.25) is 0 Å².